The van der Waals surface area contributed by atoms with Gasteiger partial charge in [-0.2, -0.15) is 0 Å². The van der Waals surface area contributed by atoms with Crippen molar-refractivity contribution in [2.45, 2.75) is 20.2 Å². The summed E-state index contributed by atoms with van der Waals surface area (Å²) in [7, 11) is 3.23. The summed E-state index contributed by atoms with van der Waals surface area (Å²) in [5.74, 6) is 2.71. The molecular formula is C16H16N4O2S3. The highest BCUT2D eigenvalue weighted by Gasteiger charge is 2.08. The van der Waals surface area contributed by atoms with Crippen LogP contribution in [-0.4, -0.2) is 34.4 Å². The molecule has 0 fully saturated rings. The van der Waals surface area contributed by atoms with Gasteiger partial charge in [0.2, 0.25) is 11.8 Å². The maximum atomic E-state index is 5.14. The smallest absolute Gasteiger partial charge is 0.213 e. The molecule has 0 radical (unpaired) electrons. The van der Waals surface area contributed by atoms with Crippen LogP contribution in [0.2, 0.25) is 0 Å². The Kier molecular flexibility index (Phi) is 6.48. The maximum Gasteiger partial charge on any atom is 0.213 e. The van der Waals surface area contributed by atoms with E-state index in [0.29, 0.717) is 11.8 Å². The Morgan fingerprint density at radius 2 is 1.28 bits per heavy atom. The minimum atomic E-state index is 0.623. The van der Waals surface area contributed by atoms with E-state index in [-0.39, 0.29) is 0 Å². The van der Waals surface area contributed by atoms with E-state index in [4.69, 9.17) is 9.47 Å². The quantitative estimate of drug-likeness (QED) is 0.534. The number of thioether (sulfide) groups is 2. The number of aromatic nitrogens is 4. The Bertz CT molecular complexity index is 762. The average Bonchev–Trinajstić information content (AvgIpc) is 3.13. The van der Waals surface area contributed by atoms with Crippen molar-refractivity contribution in [3.8, 4) is 11.8 Å². The van der Waals surface area contributed by atoms with E-state index in [0.717, 1.165) is 31.6 Å². The van der Waals surface area contributed by atoms with Gasteiger partial charge in [-0.15, -0.1) is 10.2 Å². The van der Waals surface area contributed by atoms with E-state index in [1.807, 2.05) is 36.4 Å². The lowest BCUT2D eigenvalue weighted by Gasteiger charge is -2.01. The predicted molar refractivity (Wildman–Crippen MR) is 101 cm³/mol. The van der Waals surface area contributed by atoms with Crippen LogP contribution >= 0.6 is 34.9 Å². The van der Waals surface area contributed by atoms with E-state index >= 15 is 0 Å². The van der Waals surface area contributed by atoms with Crippen LogP contribution in [0.3, 0.4) is 0 Å². The van der Waals surface area contributed by atoms with Gasteiger partial charge in [-0.05, 0) is 12.1 Å². The summed E-state index contributed by atoms with van der Waals surface area (Å²) in [5, 5.41) is 8.45. The van der Waals surface area contributed by atoms with Crippen LogP contribution in [0, 0.1) is 0 Å². The van der Waals surface area contributed by atoms with Crippen molar-refractivity contribution in [2.75, 3.05) is 14.2 Å². The van der Waals surface area contributed by atoms with Crippen LogP contribution < -0.4 is 9.47 Å². The van der Waals surface area contributed by atoms with Crippen molar-refractivity contribution in [3.63, 3.8) is 0 Å². The fourth-order valence-electron chi connectivity index (χ4n) is 1.89. The third-order valence-electron chi connectivity index (χ3n) is 3.06. The second-order valence-electron chi connectivity index (χ2n) is 4.75. The maximum absolute atomic E-state index is 5.14. The van der Waals surface area contributed by atoms with Gasteiger partial charge in [0, 0.05) is 23.6 Å². The summed E-state index contributed by atoms with van der Waals surface area (Å²) in [6.07, 6.45) is 0. The second kappa shape index (κ2) is 9.02. The summed E-state index contributed by atoms with van der Waals surface area (Å²) in [4.78, 5) is 8.79. The number of pyridine rings is 2. The zero-order chi connectivity index (χ0) is 17.5. The first-order valence-corrected chi connectivity index (χ1v) is 10.1. The molecule has 0 saturated heterocycles. The summed E-state index contributed by atoms with van der Waals surface area (Å²) in [5.41, 5.74) is 1.91. The number of hydrogen-bond acceptors (Lipinski definition) is 9. The van der Waals surface area contributed by atoms with Gasteiger partial charge in [-0.3, -0.25) is 0 Å². The molecule has 0 spiro atoms. The van der Waals surface area contributed by atoms with Crippen LogP contribution in [0.15, 0.2) is 45.1 Å². The lowest BCUT2D eigenvalue weighted by atomic mass is 10.4. The standard InChI is InChI=1S/C16H16N4O2S3/c1-21-13-7-3-5-11(17-13)9-23-15-19-20-16(25-15)24-10-12-6-4-8-14(18-12)22-2/h3-8H,9-10H2,1-2H3. The zero-order valence-electron chi connectivity index (χ0n) is 13.7. The molecule has 0 N–H and O–H groups in total. The minimum Gasteiger partial charge on any atom is -0.481 e. The summed E-state index contributed by atoms with van der Waals surface area (Å²) in [6, 6.07) is 11.5. The molecule has 0 aliphatic carbocycles. The highest BCUT2D eigenvalue weighted by molar-refractivity contribution is 8.02. The molecule has 0 bridgehead atoms. The molecule has 0 unspecified atom stereocenters. The SMILES string of the molecule is COc1cccc(CSc2nnc(SCc3cccc(OC)n3)s2)n1. The molecule has 130 valence electrons. The molecule has 0 amide bonds. The van der Waals surface area contributed by atoms with Gasteiger partial charge in [0.25, 0.3) is 0 Å². The molecule has 0 saturated carbocycles. The number of rotatable bonds is 8. The van der Waals surface area contributed by atoms with Crippen LogP contribution in [0.5, 0.6) is 11.8 Å². The van der Waals surface area contributed by atoms with Crippen LogP contribution in [0.25, 0.3) is 0 Å². The van der Waals surface area contributed by atoms with Crippen molar-refractivity contribution in [3.05, 3.63) is 47.8 Å². The molecule has 25 heavy (non-hydrogen) atoms. The highest BCUT2D eigenvalue weighted by atomic mass is 32.2. The lowest BCUT2D eigenvalue weighted by Crippen LogP contribution is -1.91. The normalized spacial score (nSPS) is 10.6. The molecule has 3 heterocycles. The first kappa shape index (κ1) is 18.0. The molecule has 6 nitrogen and oxygen atoms in total. The number of nitrogens with zero attached hydrogens (tertiary/aromatic N) is 4. The Morgan fingerprint density at radius 1 is 0.800 bits per heavy atom. The van der Waals surface area contributed by atoms with Gasteiger partial charge in [0.15, 0.2) is 8.68 Å². The van der Waals surface area contributed by atoms with Crippen molar-refractivity contribution < 1.29 is 9.47 Å². The first-order valence-electron chi connectivity index (χ1n) is 7.36. The predicted octanol–water partition coefficient (Wildman–Crippen LogP) is 3.93. The van der Waals surface area contributed by atoms with Gasteiger partial charge in [-0.25, -0.2) is 9.97 Å². The summed E-state index contributed by atoms with van der Waals surface area (Å²) in [6.45, 7) is 0. The van der Waals surface area contributed by atoms with E-state index < -0.39 is 0 Å². The Labute approximate surface area is 158 Å². The van der Waals surface area contributed by atoms with E-state index in [9.17, 15) is 0 Å². The number of hydrogen-bond donors (Lipinski definition) is 0. The third-order valence-corrected chi connectivity index (χ3v) is 6.31. The zero-order valence-corrected chi connectivity index (χ0v) is 16.2. The lowest BCUT2D eigenvalue weighted by molar-refractivity contribution is 0.396. The fraction of sp³-hybridized carbons (Fsp3) is 0.250. The van der Waals surface area contributed by atoms with Crippen molar-refractivity contribution >= 4 is 34.9 Å². The highest BCUT2D eigenvalue weighted by Crippen LogP contribution is 2.32. The molecule has 3 aromatic rings. The Hall–Kier alpha value is -1.84. The largest absolute Gasteiger partial charge is 0.481 e. The monoisotopic (exact) mass is 392 g/mol. The molecule has 3 rings (SSSR count). The molecular weight excluding hydrogens is 376 g/mol. The number of ether oxygens (including phenoxy) is 2. The van der Waals surface area contributed by atoms with Gasteiger partial charge in [0.05, 0.1) is 25.6 Å². The van der Waals surface area contributed by atoms with Crippen molar-refractivity contribution in [1.82, 2.24) is 20.2 Å². The first-order chi connectivity index (χ1) is 12.3. The van der Waals surface area contributed by atoms with Gasteiger partial charge in [0.1, 0.15) is 0 Å². The summed E-state index contributed by atoms with van der Waals surface area (Å²) < 4.78 is 12.1. The molecule has 0 atom stereocenters. The van der Waals surface area contributed by atoms with E-state index in [1.165, 1.54) is 0 Å². The topological polar surface area (TPSA) is 70.0 Å². The fourth-order valence-corrected chi connectivity index (χ4v) is 4.72. The number of methoxy groups -OCH3 is 2. The molecule has 9 heteroatoms. The van der Waals surface area contributed by atoms with Crippen LogP contribution in [-0.2, 0) is 11.5 Å². The molecule has 0 aliphatic rings. The van der Waals surface area contributed by atoms with Gasteiger partial charge < -0.3 is 9.47 Å². The van der Waals surface area contributed by atoms with Gasteiger partial charge >= 0.3 is 0 Å². The van der Waals surface area contributed by atoms with E-state index in [1.54, 1.807) is 49.1 Å². The second-order valence-corrected chi connectivity index (χ2v) is 8.18. The van der Waals surface area contributed by atoms with E-state index in [2.05, 4.69) is 20.2 Å². The Balaban J connectivity index is 1.53. The Morgan fingerprint density at radius 3 is 1.72 bits per heavy atom. The van der Waals surface area contributed by atoms with Crippen LogP contribution in [0.4, 0.5) is 0 Å². The molecule has 3 aromatic heterocycles. The van der Waals surface area contributed by atoms with Crippen LogP contribution in [0.1, 0.15) is 11.4 Å². The third kappa shape index (κ3) is 5.32. The molecule has 0 aromatic carbocycles. The van der Waals surface area contributed by atoms with Crippen molar-refractivity contribution in [1.29, 1.82) is 0 Å². The van der Waals surface area contributed by atoms with Crippen molar-refractivity contribution in [2.24, 2.45) is 0 Å². The summed E-state index contributed by atoms with van der Waals surface area (Å²) >= 11 is 4.82. The minimum absolute atomic E-state index is 0.623. The molecule has 0 aliphatic heterocycles. The van der Waals surface area contributed by atoms with Gasteiger partial charge in [-0.1, -0.05) is 47.0 Å². The average molecular weight is 393 g/mol.